The van der Waals surface area contributed by atoms with Gasteiger partial charge in [0.15, 0.2) is 0 Å². The van der Waals surface area contributed by atoms with E-state index in [0.717, 1.165) is 0 Å². The Morgan fingerprint density at radius 2 is 1.77 bits per heavy atom. The minimum absolute atomic E-state index is 0.0340. The van der Waals surface area contributed by atoms with Crippen LogP contribution in [0.15, 0.2) is 33.9 Å². The van der Waals surface area contributed by atoms with E-state index in [1.165, 1.54) is 24.3 Å². The first-order chi connectivity index (χ1) is 12.1. The summed E-state index contributed by atoms with van der Waals surface area (Å²) in [4.78, 5) is 12.0. The fourth-order valence-corrected chi connectivity index (χ4v) is 3.30. The SMILES string of the molecule is CC(C)C(=O)N[C@H](c1nnc(S(=O)(=O)Cc2ccc(F)cc2)o1)C(C)C. The van der Waals surface area contributed by atoms with Crippen molar-refractivity contribution < 1.29 is 22.0 Å². The van der Waals surface area contributed by atoms with Gasteiger partial charge in [-0.25, -0.2) is 12.8 Å². The van der Waals surface area contributed by atoms with Gasteiger partial charge in [0.05, 0.1) is 5.75 Å². The second kappa shape index (κ2) is 7.94. The summed E-state index contributed by atoms with van der Waals surface area (Å²) in [7, 11) is -3.88. The van der Waals surface area contributed by atoms with Crippen molar-refractivity contribution in [1.82, 2.24) is 15.5 Å². The first-order valence-electron chi connectivity index (χ1n) is 8.21. The number of hydrogen-bond donors (Lipinski definition) is 1. The minimum Gasteiger partial charge on any atom is -0.410 e. The number of carbonyl (C=O) groups is 1. The zero-order chi connectivity index (χ0) is 19.5. The molecule has 1 N–H and O–H groups in total. The smallest absolute Gasteiger partial charge is 0.335 e. The van der Waals surface area contributed by atoms with Crippen molar-refractivity contribution in [2.75, 3.05) is 0 Å². The molecular weight excluding hydrogens is 361 g/mol. The lowest BCUT2D eigenvalue weighted by atomic mass is 10.0. The first kappa shape index (κ1) is 20.0. The van der Waals surface area contributed by atoms with Crippen LogP contribution in [0.2, 0.25) is 0 Å². The highest BCUT2D eigenvalue weighted by molar-refractivity contribution is 7.90. The number of rotatable bonds is 7. The number of benzene rings is 1. The van der Waals surface area contributed by atoms with Crippen LogP contribution in [0.25, 0.3) is 0 Å². The largest absolute Gasteiger partial charge is 0.410 e. The van der Waals surface area contributed by atoms with Crippen molar-refractivity contribution in [3.63, 3.8) is 0 Å². The Morgan fingerprint density at radius 3 is 2.31 bits per heavy atom. The second-order valence-corrected chi connectivity index (χ2v) is 8.54. The number of nitrogens with zero attached hydrogens (tertiary/aromatic N) is 2. The van der Waals surface area contributed by atoms with Gasteiger partial charge in [0, 0.05) is 5.92 Å². The molecule has 2 rings (SSSR count). The van der Waals surface area contributed by atoms with E-state index in [9.17, 15) is 17.6 Å². The predicted octanol–water partition coefficient (Wildman–Crippen LogP) is 2.65. The number of carbonyl (C=O) groups excluding carboxylic acids is 1. The maximum absolute atomic E-state index is 12.9. The molecule has 1 aromatic carbocycles. The number of aromatic nitrogens is 2. The van der Waals surface area contributed by atoms with E-state index in [2.05, 4.69) is 15.5 Å². The van der Waals surface area contributed by atoms with Crippen LogP contribution in [-0.4, -0.2) is 24.5 Å². The highest BCUT2D eigenvalue weighted by Crippen LogP contribution is 2.24. The summed E-state index contributed by atoms with van der Waals surface area (Å²) in [5, 5.41) is 9.68. The number of nitrogens with one attached hydrogen (secondary N) is 1. The molecular formula is C17H22FN3O4S. The van der Waals surface area contributed by atoms with E-state index in [4.69, 9.17) is 4.42 Å². The van der Waals surface area contributed by atoms with Crippen molar-refractivity contribution in [2.24, 2.45) is 11.8 Å². The first-order valence-corrected chi connectivity index (χ1v) is 9.86. The van der Waals surface area contributed by atoms with Crippen molar-refractivity contribution >= 4 is 15.7 Å². The number of sulfone groups is 1. The van der Waals surface area contributed by atoms with Gasteiger partial charge in [-0.05, 0) is 23.6 Å². The molecule has 0 aliphatic carbocycles. The molecule has 0 aliphatic heterocycles. The molecule has 1 aromatic heterocycles. The lowest BCUT2D eigenvalue weighted by Crippen LogP contribution is -2.34. The molecule has 0 bridgehead atoms. The predicted molar refractivity (Wildman–Crippen MR) is 92.1 cm³/mol. The Hall–Kier alpha value is -2.29. The number of halogens is 1. The summed E-state index contributed by atoms with van der Waals surface area (Å²) in [6.45, 7) is 7.20. The van der Waals surface area contributed by atoms with Gasteiger partial charge in [-0.3, -0.25) is 4.79 Å². The molecule has 2 aromatic rings. The Bertz CT molecular complexity index is 860. The standard InChI is InChI=1S/C17H22FN3O4S/c1-10(2)14(19-15(22)11(3)4)16-20-21-17(25-16)26(23,24)9-12-5-7-13(18)8-6-12/h5-8,10-11,14H,9H2,1-4H3,(H,19,22)/t14-/m0/s1. The Balaban J connectivity index is 2.23. The van der Waals surface area contributed by atoms with Crippen molar-refractivity contribution in [2.45, 2.75) is 44.7 Å². The summed E-state index contributed by atoms with van der Waals surface area (Å²) >= 11 is 0. The molecule has 1 amide bonds. The van der Waals surface area contributed by atoms with Crippen LogP contribution < -0.4 is 5.32 Å². The monoisotopic (exact) mass is 383 g/mol. The molecule has 0 saturated carbocycles. The van der Waals surface area contributed by atoms with E-state index >= 15 is 0 Å². The molecule has 142 valence electrons. The summed E-state index contributed by atoms with van der Waals surface area (Å²) < 4.78 is 43.2. The average molecular weight is 383 g/mol. The van der Waals surface area contributed by atoms with Crippen LogP contribution >= 0.6 is 0 Å². The molecule has 1 atom stereocenters. The fourth-order valence-electron chi connectivity index (χ4n) is 2.17. The molecule has 26 heavy (non-hydrogen) atoms. The fraction of sp³-hybridized carbons (Fsp3) is 0.471. The molecule has 9 heteroatoms. The summed E-state index contributed by atoms with van der Waals surface area (Å²) in [6.07, 6.45) is 0. The van der Waals surface area contributed by atoms with Gasteiger partial charge in [-0.1, -0.05) is 44.9 Å². The normalized spacial score (nSPS) is 13.2. The lowest BCUT2D eigenvalue weighted by molar-refractivity contribution is -0.125. The maximum Gasteiger partial charge on any atom is 0.335 e. The Morgan fingerprint density at radius 1 is 1.15 bits per heavy atom. The van der Waals surface area contributed by atoms with Crippen LogP contribution in [0.3, 0.4) is 0 Å². The average Bonchev–Trinajstić information content (AvgIpc) is 3.04. The van der Waals surface area contributed by atoms with E-state index in [1.54, 1.807) is 13.8 Å². The molecule has 0 radical (unpaired) electrons. The highest BCUT2D eigenvalue weighted by Gasteiger charge is 2.29. The third-order valence-corrected chi connectivity index (χ3v) is 5.12. The van der Waals surface area contributed by atoms with Gasteiger partial charge in [0.1, 0.15) is 11.9 Å². The second-order valence-electron chi connectivity index (χ2n) is 6.68. The third kappa shape index (κ3) is 4.87. The van der Waals surface area contributed by atoms with Crippen LogP contribution in [0.1, 0.15) is 45.2 Å². The van der Waals surface area contributed by atoms with E-state index in [0.29, 0.717) is 5.56 Å². The third-order valence-electron chi connectivity index (χ3n) is 3.71. The summed E-state index contributed by atoms with van der Waals surface area (Å²) in [5.41, 5.74) is 0.402. The highest BCUT2D eigenvalue weighted by atomic mass is 32.2. The van der Waals surface area contributed by atoms with Crippen molar-refractivity contribution in [3.8, 4) is 0 Å². The minimum atomic E-state index is -3.88. The van der Waals surface area contributed by atoms with Gasteiger partial charge in [0.25, 0.3) is 0 Å². The molecule has 0 spiro atoms. The maximum atomic E-state index is 12.9. The van der Waals surface area contributed by atoms with Gasteiger partial charge in [-0.15, -0.1) is 5.10 Å². The van der Waals surface area contributed by atoms with Crippen LogP contribution in [0.5, 0.6) is 0 Å². The lowest BCUT2D eigenvalue weighted by Gasteiger charge is -2.19. The number of amides is 1. The summed E-state index contributed by atoms with van der Waals surface area (Å²) in [5.74, 6) is -1.32. The van der Waals surface area contributed by atoms with Gasteiger partial charge in [-0.2, -0.15) is 0 Å². The Kier molecular flexibility index (Phi) is 6.12. The molecule has 0 unspecified atom stereocenters. The Labute approximate surface area is 151 Å². The topological polar surface area (TPSA) is 102 Å². The van der Waals surface area contributed by atoms with Gasteiger partial charge >= 0.3 is 5.22 Å². The molecule has 7 nitrogen and oxygen atoms in total. The van der Waals surface area contributed by atoms with Crippen LogP contribution in [0, 0.1) is 17.7 Å². The quantitative estimate of drug-likeness (QED) is 0.789. The van der Waals surface area contributed by atoms with Crippen LogP contribution in [0.4, 0.5) is 4.39 Å². The van der Waals surface area contributed by atoms with Crippen LogP contribution in [-0.2, 0) is 20.4 Å². The van der Waals surface area contributed by atoms with Gasteiger partial charge < -0.3 is 9.73 Å². The van der Waals surface area contributed by atoms with E-state index < -0.39 is 26.9 Å². The van der Waals surface area contributed by atoms with E-state index in [1.807, 2.05) is 13.8 Å². The molecule has 1 heterocycles. The molecule has 0 aliphatic rings. The molecule has 0 saturated heterocycles. The molecule has 0 fully saturated rings. The zero-order valence-corrected chi connectivity index (χ0v) is 15.9. The summed E-state index contributed by atoms with van der Waals surface area (Å²) in [6, 6.07) is 4.53. The zero-order valence-electron chi connectivity index (χ0n) is 15.1. The number of hydrogen-bond acceptors (Lipinski definition) is 6. The van der Waals surface area contributed by atoms with Crippen molar-refractivity contribution in [1.29, 1.82) is 0 Å². The van der Waals surface area contributed by atoms with Gasteiger partial charge in [0.2, 0.25) is 21.6 Å². The van der Waals surface area contributed by atoms with Crippen molar-refractivity contribution in [3.05, 3.63) is 41.5 Å². The van der Waals surface area contributed by atoms with E-state index in [-0.39, 0.29) is 29.4 Å².